The Bertz CT molecular complexity index is 1030. The van der Waals surface area contributed by atoms with Crippen LogP contribution in [0.3, 0.4) is 0 Å². The Kier molecular flexibility index (Phi) is 5.74. The number of H-pyrrole nitrogens is 1. The molecule has 0 bridgehead atoms. The monoisotopic (exact) mass is 413 g/mol. The first-order valence-corrected chi connectivity index (χ1v) is 10.5. The Morgan fingerprint density at radius 3 is 2.57 bits per heavy atom. The summed E-state index contributed by atoms with van der Waals surface area (Å²) in [7, 11) is -3.49. The summed E-state index contributed by atoms with van der Waals surface area (Å²) in [6, 6.07) is 4.45. The molecule has 0 amide bonds. The molecule has 1 N–H and O–H groups in total. The second-order valence-electron chi connectivity index (χ2n) is 6.68. The summed E-state index contributed by atoms with van der Waals surface area (Å²) in [5, 5.41) is 0. The third-order valence-electron chi connectivity index (χ3n) is 4.66. The van der Waals surface area contributed by atoms with Crippen LogP contribution < -0.4 is 15.0 Å². The van der Waals surface area contributed by atoms with Crippen LogP contribution in [-0.4, -0.2) is 32.4 Å². The Morgan fingerprint density at radius 2 is 1.96 bits per heavy atom. The van der Waals surface area contributed by atoms with Gasteiger partial charge in [0.25, 0.3) is 5.56 Å². The third kappa shape index (κ3) is 4.35. The fraction of sp³-hybridized carbons (Fsp3) is 0.421. The molecule has 1 aromatic heterocycles. The maximum atomic E-state index is 12.7. The van der Waals surface area contributed by atoms with Gasteiger partial charge in [0.15, 0.2) is 15.6 Å². The van der Waals surface area contributed by atoms with Gasteiger partial charge in [-0.3, -0.25) is 4.79 Å². The summed E-state index contributed by atoms with van der Waals surface area (Å²) in [6.45, 7) is 0.322. The van der Waals surface area contributed by atoms with E-state index in [1.165, 1.54) is 32.2 Å². The van der Waals surface area contributed by atoms with Crippen molar-refractivity contribution in [2.45, 2.75) is 38.2 Å². The first-order valence-electron chi connectivity index (χ1n) is 8.90. The molecule has 1 heterocycles. The number of ether oxygens (including phenoxy) is 2. The normalized spacial score (nSPS) is 14.3. The second kappa shape index (κ2) is 7.90. The van der Waals surface area contributed by atoms with Gasteiger partial charge in [-0.2, -0.15) is 8.78 Å². The molecule has 1 aliphatic rings. The average molecular weight is 413 g/mol. The number of nitrogens with one attached hydrogen (secondary N) is 1. The minimum atomic E-state index is -3.49. The van der Waals surface area contributed by atoms with Gasteiger partial charge in [0, 0.05) is 22.9 Å². The van der Waals surface area contributed by atoms with Gasteiger partial charge in [0.2, 0.25) is 0 Å². The molecule has 1 fully saturated rings. The molecule has 6 nitrogen and oxygen atoms in total. The highest BCUT2D eigenvalue weighted by Gasteiger charge is 2.24. The molecule has 0 unspecified atom stereocenters. The number of hydrogen-bond acceptors (Lipinski definition) is 5. The van der Waals surface area contributed by atoms with E-state index in [2.05, 4.69) is 9.72 Å². The van der Waals surface area contributed by atoms with E-state index in [0.717, 1.165) is 12.8 Å². The van der Waals surface area contributed by atoms with Crippen molar-refractivity contribution in [2.75, 3.05) is 12.4 Å². The summed E-state index contributed by atoms with van der Waals surface area (Å²) in [6.07, 6.45) is 3.49. The van der Waals surface area contributed by atoms with Crippen molar-refractivity contribution in [1.29, 1.82) is 0 Å². The van der Waals surface area contributed by atoms with Gasteiger partial charge in [-0.15, -0.1) is 0 Å². The Labute approximate surface area is 161 Å². The largest absolute Gasteiger partial charge is 0.493 e. The van der Waals surface area contributed by atoms with Crippen molar-refractivity contribution in [1.82, 2.24) is 4.98 Å². The topological polar surface area (TPSA) is 85.5 Å². The minimum absolute atomic E-state index is 0.0843. The van der Waals surface area contributed by atoms with E-state index < -0.39 is 27.8 Å². The summed E-state index contributed by atoms with van der Waals surface area (Å²) < 4.78 is 60.2. The highest BCUT2D eigenvalue weighted by atomic mass is 32.2. The lowest BCUT2D eigenvalue weighted by Crippen LogP contribution is -2.16. The van der Waals surface area contributed by atoms with E-state index in [4.69, 9.17) is 4.74 Å². The van der Waals surface area contributed by atoms with Crippen LogP contribution in [0.5, 0.6) is 11.5 Å². The highest BCUT2D eigenvalue weighted by molar-refractivity contribution is 7.91. The number of hydrogen-bond donors (Lipinski definition) is 1. The molecular formula is C19H21F2NO5S. The lowest BCUT2D eigenvalue weighted by molar-refractivity contribution is -0.0512. The van der Waals surface area contributed by atoms with Crippen LogP contribution in [0.4, 0.5) is 8.78 Å². The van der Waals surface area contributed by atoms with E-state index >= 15 is 0 Å². The smallest absolute Gasteiger partial charge is 0.387 e. The second-order valence-corrected chi connectivity index (χ2v) is 8.96. The molecule has 0 atom stereocenters. The molecule has 1 aliphatic carbocycles. The molecule has 2 aromatic rings. The first kappa shape index (κ1) is 20.3. The molecule has 3 rings (SSSR count). The van der Waals surface area contributed by atoms with Gasteiger partial charge in [-0.05, 0) is 43.9 Å². The number of pyridine rings is 1. The number of sulfone groups is 1. The third-order valence-corrected chi connectivity index (χ3v) is 6.39. The summed E-state index contributed by atoms with van der Waals surface area (Å²) in [5.41, 5.74) is 0.128. The van der Waals surface area contributed by atoms with Crippen LogP contribution in [0.15, 0.2) is 34.1 Å². The van der Waals surface area contributed by atoms with Crippen molar-refractivity contribution < 1.29 is 26.7 Å². The zero-order valence-electron chi connectivity index (χ0n) is 15.5. The van der Waals surface area contributed by atoms with Crippen LogP contribution in [0, 0.1) is 12.8 Å². The van der Waals surface area contributed by atoms with E-state index in [9.17, 15) is 22.0 Å². The zero-order valence-corrected chi connectivity index (χ0v) is 16.3. The van der Waals surface area contributed by atoms with Gasteiger partial charge < -0.3 is 14.5 Å². The molecule has 1 saturated carbocycles. The Morgan fingerprint density at radius 1 is 1.25 bits per heavy atom. The van der Waals surface area contributed by atoms with Crippen molar-refractivity contribution in [2.24, 2.45) is 5.92 Å². The van der Waals surface area contributed by atoms with Crippen LogP contribution >= 0.6 is 0 Å². The van der Waals surface area contributed by atoms with Gasteiger partial charge in [-0.1, -0.05) is 6.92 Å². The van der Waals surface area contributed by atoms with Gasteiger partial charge in [0.05, 0.1) is 17.3 Å². The van der Waals surface area contributed by atoms with Crippen LogP contribution in [-0.2, 0) is 9.84 Å². The Hall–Kier alpha value is -2.42. The maximum absolute atomic E-state index is 12.7. The number of aromatic nitrogens is 1. The van der Waals surface area contributed by atoms with E-state index in [1.807, 2.05) is 0 Å². The number of rotatable bonds is 8. The minimum Gasteiger partial charge on any atom is -0.493 e. The highest BCUT2D eigenvalue weighted by Crippen LogP contribution is 2.38. The van der Waals surface area contributed by atoms with Gasteiger partial charge in [0.1, 0.15) is 5.75 Å². The summed E-state index contributed by atoms with van der Waals surface area (Å²) in [5.74, 6) is 0.282. The summed E-state index contributed by atoms with van der Waals surface area (Å²) in [4.78, 5) is 14.4. The van der Waals surface area contributed by atoms with E-state index in [0.29, 0.717) is 29.4 Å². The Balaban J connectivity index is 2.14. The maximum Gasteiger partial charge on any atom is 0.387 e. The molecular weight excluding hydrogens is 392 g/mol. The lowest BCUT2D eigenvalue weighted by Gasteiger charge is -2.16. The molecule has 1 aromatic carbocycles. The lowest BCUT2D eigenvalue weighted by atomic mass is 10.0. The van der Waals surface area contributed by atoms with Crippen LogP contribution in [0.1, 0.15) is 25.3 Å². The standard InChI is InChI=1S/C19H21F2NO5S/c1-3-28(24,25)13-6-7-16(26-10-12-4-5-12)14(8-13)15-9-22-18(23)17(11(15)2)27-19(20)21/h6-9,12,19H,3-5,10H2,1-2H3,(H,22,23). The van der Waals surface area contributed by atoms with Gasteiger partial charge in [-0.25, -0.2) is 8.42 Å². The number of benzene rings is 1. The molecule has 0 aliphatic heterocycles. The van der Waals surface area contributed by atoms with Crippen molar-refractivity contribution in [3.8, 4) is 22.6 Å². The molecule has 152 valence electrons. The molecule has 0 saturated heterocycles. The quantitative estimate of drug-likeness (QED) is 0.716. The SMILES string of the molecule is CCS(=O)(=O)c1ccc(OCC2CC2)c(-c2c[nH]c(=O)c(OC(F)F)c2C)c1. The fourth-order valence-electron chi connectivity index (χ4n) is 2.81. The fourth-order valence-corrected chi connectivity index (χ4v) is 3.72. The molecule has 0 radical (unpaired) electrons. The predicted molar refractivity (Wildman–Crippen MR) is 99.8 cm³/mol. The predicted octanol–water partition coefficient (Wildman–Crippen LogP) is 3.53. The van der Waals surface area contributed by atoms with Crippen LogP contribution in [0.25, 0.3) is 11.1 Å². The van der Waals surface area contributed by atoms with Gasteiger partial charge >= 0.3 is 6.61 Å². The number of halogens is 2. The molecule has 9 heteroatoms. The van der Waals surface area contributed by atoms with E-state index in [1.54, 1.807) is 6.07 Å². The van der Waals surface area contributed by atoms with Crippen molar-refractivity contribution in [3.63, 3.8) is 0 Å². The zero-order chi connectivity index (χ0) is 20.5. The summed E-state index contributed by atoms with van der Waals surface area (Å²) >= 11 is 0. The first-order chi connectivity index (χ1) is 13.2. The van der Waals surface area contributed by atoms with Crippen molar-refractivity contribution in [3.05, 3.63) is 40.3 Å². The van der Waals surface area contributed by atoms with E-state index in [-0.39, 0.29) is 16.2 Å². The molecule has 28 heavy (non-hydrogen) atoms. The van der Waals surface area contributed by atoms with Crippen LogP contribution in [0.2, 0.25) is 0 Å². The molecule has 0 spiro atoms. The van der Waals surface area contributed by atoms with Crippen molar-refractivity contribution >= 4 is 9.84 Å². The number of aromatic amines is 1. The number of alkyl halides is 2. The average Bonchev–Trinajstić information content (AvgIpc) is 3.48.